The maximum Gasteiger partial charge on any atom is 0.416 e. The van der Waals surface area contributed by atoms with E-state index in [0.717, 1.165) is 74.4 Å². The molecule has 2 aliphatic rings. The molecule has 0 saturated carbocycles. The minimum Gasteiger partial charge on any atom is -0.469 e. The lowest BCUT2D eigenvalue weighted by Gasteiger charge is -2.33. The number of piperidine rings is 1. The highest BCUT2D eigenvalue weighted by Crippen LogP contribution is 2.28. The third-order valence-electron chi connectivity index (χ3n) is 7.30. The van der Waals surface area contributed by atoms with Gasteiger partial charge in [0.25, 0.3) is 0 Å². The Labute approximate surface area is 232 Å². The van der Waals surface area contributed by atoms with Crippen LogP contribution in [0.1, 0.15) is 69.2 Å². The first kappa shape index (κ1) is 29.0. The second-order valence-electron chi connectivity index (χ2n) is 11.6. The molecule has 0 aliphatic carbocycles. The predicted molar refractivity (Wildman–Crippen MR) is 151 cm³/mol. The van der Waals surface area contributed by atoms with Gasteiger partial charge in [-0.3, -0.25) is 9.69 Å². The van der Waals surface area contributed by atoms with E-state index in [1.54, 1.807) is 4.90 Å². The largest absolute Gasteiger partial charge is 0.469 e. The number of hydrogen-bond acceptors (Lipinski definition) is 7. The van der Waals surface area contributed by atoms with Crippen LogP contribution in [-0.4, -0.2) is 73.5 Å². The lowest BCUT2D eigenvalue weighted by molar-refractivity contribution is -0.141. The predicted octanol–water partition coefficient (Wildman–Crippen LogP) is 5.14. The first-order valence-electron chi connectivity index (χ1n) is 14.2. The summed E-state index contributed by atoms with van der Waals surface area (Å²) in [4.78, 5) is 33.8. The lowest BCUT2D eigenvalue weighted by atomic mass is 9.96. The van der Waals surface area contributed by atoms with Crippen molar-refractivity contribution in [3.05, 3.63) is 59.3 Å². The Morgan fingerprint density at radius 3 is 2.62 bits per heavy atom. The molecule has 3 heterocycles. The number of esters is 1. The molecule has 1 aromatic heterocycles. The normalized spacial score (nSPS) is 18.8. The maximum absolute atomic E-state index is 12.8. The van der Waals surface area contributed by atoms with E-state index in [-0.39, 0.29) is 24.1 Å². The number of likely N-dealkylation sites (tertiary alicyclic amines) is 1. The van der Waals surface area contributed by atoms with Crippen molar-refractivity contribution in [3.63, 3.8) is 0 Å². The van der Waals surface area contributed by atoms with E-state index in [1.807, 2.05) is 51.1 Å². The average Bonchev–Trinajstić information content (AvgIpc) is 2.93. The molecular weight excluding hydrogens is 494 g/mol. The number of fused-ring (bicyclic) bond motifs is 1. The second-order valence-corrected chi connectivity index (χ2v) is 11.6. The van der Waals surface area contributed by atoms with Crippen LogP contribution in [0, 0.1) is 0 Å². The number of aromatic nitrogens is 1. The third kappa shape index (κ3) is 8.51. The van der Waals surface area contributed by atoms with Gasteiger partial charge in [0.2, 0.25) is 0 Å². The van der Waals surface area contributed by atoms with Crippen LogP contribution < -0.4 is 4.90 Å². The van der Waals surface area contributed by atoms with Gasteiger partial charge in [-0.1, -0.05) is 36.4 Å². The summed E-state index contributed by atoms with van der Waals surface area (Å²) in [6, 6.07) is 14.2. The summed E-state index contributed by atoms with van der Waals surface area (Å²) in [6.45, 7) is 9.53. The highest BCUT2D eigenvalue weighted by molar-refractivity contribution is 5.88. The Morgan fingerprint density at radius 2 is 1.87 bits per heavy atom. The molecule has 1 unspecified atom stereocenters. The van der Waals surface area contributed by atoms with E-state index in [0.29, 0.717) is 19.6 Å². The number of methoxy groups -OCH3 is 1. The topological polar surface area (TPSA) is 81.2 Å². The van der Waals surface area contributed by atoms with Crippen molar-refractivity contribution in [2.24, 2.45) is 0 Å². The molecule has 1 fully saturated rings. The molecule has 8 heteroatoms. The quantitative estimate of drug-likeness (QED) is 0.410. The molecule has 0 N–H and O–H groups in total. The van der Waals surface area contributed by atoms with E-state index in [9.17, 15) is 9.59 Å². The van der Waals surface area contributed by atoms with Gasteiger partial charge in [-0.25, -0.2) is 9.78 Å². The Morgan fingerprint density at radius 1 is 1.08 bits per heavy atom. The Kier molecular flexibility index (Phi) is 9.97. The molecule has 4 rings (SSSR count). The van der Waals surface area contributed by atoms with Gasteiger partial charge in [0.15, 0.2) is 0 Å². The van der Waals surface area contributed by atoms with E-state index in [1.165, 1.54) is 7.11 Å². The van der Waals surface area contributed by atoms with Gasteiger partial charge in [0.05, 0.1) is 26.2 Å². The van der Waals surface area contributed by atoms with E-state index < -0.39 is 5.60 Å². The first-order chi connectivity index (χ1) is 18.7. The van der Waals surface area contributed by atoms with Gasteiger partial charge in [0.1, 0.15) is 11.4 Å². The molecule has 0 bridgehead atoms. The number of pyridine rings is 1. The van der Waals surface area contributed by atoms with Crippen molar-refractivity contribution in [3.8, 4) is 0 Å². The second kappa shape index (κ2) is 13.4. The molecular formula is C31H43N3O5. The molecule has 8 nitrogen and oxygen atoms in total. The van der Waals surface area contributed by atoms with Gasteiger partial charge in [-0.05, 0) is 70.2 Å². The zero-order valence-electron chi connectivity index (χ0n) is 23.9. The number of ether oxygens (including phenoxy) is 3. The zero-order valence-corrected chi connectivity index (χ0v) is 23.9. The van der Waals surface area contributed by atoms with E-state index in [4.69, 9.17) is 19.2 Å². The van der Waals surface area contributed by atoms with Gasteiger partial charge in [-0.15, -0.1) is 0 Å². The summed E-state index contributed by atoms with van der Waals surface area (Å²) < 4.78 is 16.9. The molecule has 1 aromatic carbocycles. The fourth-order valence-corrected chi connectivity index (χ4v) is 5.27. The number of anilines is 1. The molecule has 2 aromatic rings. The summed E-state index contributed by atoms with van der Waals surface area (Å²) in [5, 5.41) is 0. The molecule has 39 heavy (non-hydrogen) atoms. The van der Waals surface area contributed by atoms with Crippen LogP contribution in [-0.2, 0) is 31.8 Å². The molecule has 1 saturated heterocycles. The Balaban J connectivity index is 1.32. The number of nitrogens with zero attached hydrogens (tertiary/aromatic N) is 3. The fourth-order valence-electron chi connectivity index (χ4n) is 5.27. The van der Waals surface area contributed by atoms with Crippen molar-refractivity contribution in [2.75, 3.05) is 44.8 Å². The monoisotopic (exact) mass is 537 g/mol. The number of hydrogen-bond donors (Lipinski definition) is 0. The van der Waals surface area contributed by atoms with Crippen molar-refractivity contribution >= 4 is 17.9 Å². The van der Waals surface area contributed by atoms with Crippen molar-refractivity contribution in [1.82, 2.24) is 9.88 Å². The van der Waals surface area contributed by atoms with Crippen molar-refractivity contribution in [1.29, 1.82) is 0 Å². The SMILES string of the molecule is COC(=O)CC(CO[C@@H]1CCCN(CCc2ccc3c(n2)N(C(=O)OC(C)(C)C)CCC3)C1)c1ccccc1. The van der Waals surface area contributed by atoms with E-state index in [2.05, 4.69) is 17.0 Å². The minimum absolute atomic E-state index is 0.0263. The third-order valence-corrected chi connectivity index (χ3v) is 7.30. The lowest BCUT2D eigenvalue weighted by Crippen LogP contribution is -2.41. The van der Waals surface area contributed by atoms with Crippen LogP contribution >= 0.6 is 0 Å². The van der Waals surface area contributed by atoms with Crippen molar-refractivity contribution < 1.29 is 23.8 Å². The molecule has 0 spiro atoms. The van der Waals surface area contributed by atoms with Crippen LogP contribution in [0.4, 0.5) is 10.6 Å². The van der Waals surface area contributed by atoms with E-state index >= 15 is 0 Å². The Bertz CT molecular complexity index is 1100. The summed E-state index contributed by atoms with van der Waals surface area (Å²) in [5.74, 6) is 0.493. The van der Waals surface area contributed by atoms with Gasteiger partial charge >= 0.3 is 12.1 Å². The molecule has 212 valence electrons. The molecule has 1 amide bonds. The smallest absolute Gasteiger partial charge is 0.416 e. The molecule has 2 aliphatic heterocycles. The number of carbonyl (C=O) groups is 2. The Hall–Kier alpha value is -2.97. The number of benzene rings is 1. The molecule has 2 atom stereocenters. The van der Waals surface area contributed by atoms with Crippen LogP contribution in [0.5, 0.6) is 0 Å². The zero-order chi connectivity index (χ0) is 27.8. The van der Waals surface area contributed by atoms with Crippen LogP contribution in [0.15, 0.2) is 42.5 Å². The van der Waals surface area contributed by atoms with Crippen LogP contribution in [0.2, 0.25) is 0 Å². The van der Waals surface area contributed by atoms with Crippen LogP contribution in [0.25, 0.3) is 0 Å². The van der Waals surface area contributed by atoms with Crippen LogP contribution in [0.3, 0.4) is 0 Å². The average molecular weight is 538 g/mol. The number of amides is 1. The summed E-state index contributed by atoms with van der Waals surface area (Å²) in [6.07, 6.45) is 4.82. The molecule has 0 radical (unpaired) electrons. The number of carbonyl (C=O) groups excluding carboxylic acids is 2. The van der Waals surface area contributed by atoms with Gasteiger partial charge < -0.3 is 19.1 Å². The van der Waals surface area contributed by atoms with Crippen molar-refractivity contribution in [2.45, 2.75) is 76.9 Å². The number of rotatable bonds is 9. The highest BCUT2D eigenvalue weighted by atomic mass is 16.6. The maximum atomic E-state index is 12.8. The summed E-state index contributed by atoms with van der Waals surface area (Å²) in [7, 11) is 1.43. The standard InChI is InChI=1S/C31H43N3O5/c1-31(2,3)39-30(36)34-18-8-12-24-14-15-26(32-29(24)34)16-19-33-17-9-13-27(21-33)38-22-25(20-28(35)37-4)23-10-6-5-7-11-23/h5-7,10-11,14-15,25,27H,8-9,12-13,16-22H2,1-4H3/t25?,27-/m1/s1. The van der Waals surface area contributed by atoms with Gasteiger partial charge in [0, 0.05) is 37.7 Å². The fraction of sp³-hybridized carbons (Fsp3) is 0.581. The summed E-state index contributed by atoms with van der Waals surface area (Å²) >= 11 is 0. The van der Waals surface area contributed by atoms with Gasteiger partial charge in [-0.2, -0.15) is 0 Å². The number of aryl methyl sites for hydroxylation is 1. The highest BCUT2D eigenvalue weighted by Gasteiger charge is 2.29. The minimum atomic E-state index is -0.542. The first-order valence-corrected chi connectivity index (χ1v) is 14.2. The summed E-state index contributed by atoms with van der Waals surface area (Å²) in [5.41, 5.74) is 2.63.